The minimum Gasteiger partial charge on any atom is -0.497 e. The van der Waals surface area contributed by atoms with Gasteiger partial charge in [-0.05, 0) is 37.3 Å². The van der Waals surface area contributed by atoms with Gasteiger partial charge in [-0.3, -0.25) is 4.79 Å². The molecule has 0 aromatic heterocycles. The Balaban J connectivity index is 1.51. The number of rotatable bonds is 5. The molecule has 150 valence electrons. The van der Waals surface area contributed by atoms with Gasteiger partial charge in [-0.1, -0.05) is 32.8 Å². The first-order valence-corrected chi connectivity index (χ1v) is 10.5. The van der Waals surface area contributed by atoms with Gasteiger partial charge in [0.2, 0.25) is 0 Å². The summed E-state index contributed by atoms with van der Waals surface area (Å²) in [6, 6.07) is 8.60. The van der Waals surface area contributed by atoms with E-state index in [9.17, 15) is 4.79 Å². The summed E-state index contributed by atoms with van der Waals surface area (Å²) in [6.07, 6.45) is 3.65. The van der Waals surface area contributed by atoms with Crippen LogP contribution >= 0.6 is 0 Å². The minimum absolute atomic E-state index is 0.0156. The van der Waals surface area contributed by atoms with Crippen molar-refractivity contribution < 1.29 is 14.4 Å². The van der Waals surface area contributed by atoms with Crippen LogP contribution in [-0.2, 0) is 4.79 Å². The monoisotopic (exact) mass is 374 g/mol. The second kappa shape index (κ2) is 8.96. The molecule has 0 bridgehead atoms. The highest BCUT2D eigenvalue weighted by molar-refractivity contribution is 5.80. The van der Waals surface area contributed by atoms with Crippen molar-refractivity contribution in [2.45, 2.75) is 52.1 Å². The maximum Gasteiger partial charge on any atom is 0.278 e. The van der Waals surface area contributed by atoms with Crippen LogP contribution in [0.4, 0.5) is 5.69 Å². The molecule has 1 amide bonds. The molecule has 5 heteroatoms. The number of benzene rings is 1. The standard InChI is InChI=1S/C22H35N3O2/c1-16-7-5-10-21(17(16)2)23-22(26)18(3)24-11-13-25(14-12-24)19-8-6-9-20(15-19)27-4/h6,8-9,15-18,21H,5,7,10-14H2,1-4H3,(H,23,26)/p+1/t16-,17+,18+,21-/m0/s1. The SMILES string of the molecule is COc1cccc(N2CC[NH+]([C@H](C)C(=O)N[C@H]3CCC[C@H](C)[C@H]3C)CC2)c1. The van der Waals surface area contributed by atoms with E-state index in [4.69, 9.17) is 4.74 Å². The van der Waals surface area contributed by atoms with Crippen LogP contribution in [0, 0.1) is 11.8 Å². The lowest BCUT2D eigenvalue weighted by Crippen LogP contribution is -3.19. The zero-order valence-electron chi connectivity index (χ0n) is 17.3. The third-order valence-electron chi connectivity index (χ3n) is 6.86. The van der Waals surface area contributed by atoms with Crippen LogP contribution < -0.4 is 19.9 Å². The number of quaternary nitrogens is 1. The van der Waals surface area contributed by atoms with Crippen molar-refractivity contribution in [1.29, 1.82) is 0 Å². The number of piperazine rings is 1. The quantitative estimate of drug-likeness (QED) is 0.825. The molecule has 0 spiro atoms. The van der Waals surface area contributed by atoms with Crippen LogP contribution in [-0.4, -0.2) is 51.3 Å². The van der Waals surface area contributed by atoms with Gasteiger partial charge in [0.1, 0.15) is 5.75 Å². The number of methoxy groups -OCH3 is 1. The van der Waals surface area contributed by atoms with Crippen LogP contribution in [0.15, 0.2) is 24.3 Å². The highest BCUT2D eigenvalue weighted by Gasteiger charge is 2.33. The number of ether oxygens (including phenoxy) is 1. The van der Waals surface area contributed by atoms with Crippen LogP contribution in [0.1, 0.15) is 40.0 Å². The molecule has 1 saturated heterocycles. The normalized spacial score (nSPS) is 27.9. The molecule has 2 aliphatic rings. The van der Waals surface area contributed by atoms with Crippen molar-refractivity contribution in [3.63, 3.8) is 0 Å². The predicted octanol–water partition coefficient (Wildman–Crippen LogP) is 1.73. The molecule has 0 radical (unpaired) electrons. The van der Waals surface area contributed by atoms with E-state index in [-0.39, 0.29) is 11.9 Å². The second-order valence-electron chi connectivity index (χ2n) is 8.45. The average molecular weight is 375 g/mol. The maximum absolute atomic E-state index is 12.8. The molecule has 1 aromatic carbocycles. The lowest BCUT2D eigenvalue weighted by molar-refractivity contribution is -0.914. The van der Waals surface area contributed by atoms with Crippen LogP contribution in [0.2, 0.25) is 0 Å². The molecule has 1 heterocycles. The number of hydrogen-bond acceptors (Lipinski definition) is 3. The lowest BCUT2D eigenvalue weighted by Gasteiger charge is -2.38. The Labute approximate surface area is 164 Å². The first kappa shape index (κ1) is 20.0. The van der Waals surface area contributed by atoms with Gasteiger partial charge in [-0.2, -0.15) is 0 Å². The molecule has 1 aliphatic carbocycles. The van der Waals surface area contributed by atoms with Gasteiger partial charge in [-0.25, -0.2) is 0 Å². The number of carbonyl (C=O) groups is 1. The third kappa shape index (κ3) is 4.75. The Morgan fingerprint density at radius 1 is 1.26 bits per heavy atom. The lowest BCUT2D eigenvalue weighted by atomic mass is 9.78. The summed E-state index contributed by atoms with van der Waals surface area (Å²) in [5.74, 6) is 2.41. The molecule has 5 nitrogen and oxygen atoms in total. The van der Waals surface area contributed by atoms with Crippen molar-refractivity contribution in [2.75, 3.05) is 38.2 Å². The predicted molar refractivity (Wildman–Crippen MR) is 109 cm³/mol. The number of anilines is 1. The molecule has 1 aromatic rings. The Hall–Kier alpha value is -1.75. The summed E-state index contributed by atoms with van der Waals surface area (Å²) < 4.78 is 5.34. The largest absolute Gasteiger partial charge is 0.497 e. The van der Waals surface area contributed by atoms with Crippen LogP contribution in [0.5, 0.6) is 5.75 Å². The van der Waals surface area contributed by atoms with E-state index in [1.807, 2.05) is 12.1 Å². The number of hydrogen-bond donors (Lipinski definition) is 2. The second-order valence-corrected chi connectivity index (χ2v) is 8.45. The maximum atomic E-state index is 12.8. The van der Waals surface area contributed by atoms with E-state index in [0.717, 1.165) is 38.3 Å². The molecule has 3 rings (SSSR count). The van der Waals surface area contributed by atoms with E-state index >= 15 is 0 Å². The zero-order chi connectivity index (χ0) is 19.4. The van der Waals surface area contributed by atoms with E-state index < -0.39 is 0 Å². The van der Waals surface area contributed by atoms with Crippen molar-refractivity contribution >= 4 is 11.6 Å². The Bertz CT molecular complexity index is 628. The molecule has 0 unspecified atom stereocenters. The fourth-order valence-corrected chi connectivity index (χ4v) is 4.57. The van der Waals surface area contributed by atoms with Gasteiger partial charge < -0.3 is 19.9 Å². The summed E-state index contributed by atoms with van der Waals surface area (Å²) in [7, 11) is 1.70. The van der Waals surface area contributed by atoms with Gasteiger partial charge in [0.25, 0.3) is 5.91 Å². The Morgan fingerprint density at radius 2 is 2.00 bits per heavy atom. The summed E-state index contributed by atoms with van der Waals surface area (Å²) in [4.78, 5) is 16.6. The van der Waals surface area contributed by atoms with Crippen molar-refractivity contribution in [3.8, 4) is 5.75 Å². The molecular weight excluding hydrogens is 338 g/mol. The topological polar surface area (TPSA) is 46.0 Å². The van der Waals surface area contributed by atoms with Gasteiger partial charge in [0, 0.05) is 17.8 Å². The fraction of sp³-hybridized carbons (Fsp3) is 0.682. The molecule has 27 heavy (non-hydrogen) atoms. The zero-order valence-corrected chi connectivity index (χ0v) is 17.3. The molecule has 1 saturated carbocycles. The van der Waals surface area contributed by atoms with Crippen molar-refractivity contribution in [2.24, 2.45) is 11.8 Å². The molecule has 2 fully saturated rings. The molecule has 4 atom stereocenters. The van der Waals surface area contributed by atoms with Crippen LogP contribution in [0.25, 0.3) is 0 Å². The van der Waals surface area contributed by atoms with Crippen molar-refractivity contribution in [1.82, 2.24) is 5.32 Å². The average Bonchev–Trinajstić information content (AvgIpc) is 2.71. The van der Waals surface area contributed by atoms with Gasteiger partial charge in [-0.15, -0.1) is 0 Å². The molecular formula is C22H36N3O2+. The summed E-state index contributed by atoms with van der Waals surface area (Å²) in [6.45, 7) is 10.6. The highest BCUT2D eigenvalue weighted by atomic mass is 16.5. The minimum atomic E-state index is 0.0156. The first-order chi connectivity index (χ1) is 13.0. The van der Waals surface area contributed by atoms with Gasteiger partial charge in [0.15, 0.2) is 6.04 Å². The van der Waals surface area contributed by atoms with Crippen LogP contribution in [0.3, 0.4) is 0 Å². The van der Waals surface area contributed by atoms with E-state index in [2.05, 4.69) is 43.1 Å². The van der Waals surface area contributed by atoms with Gasteiger partial charge >= 0.3 is 0 Å². The number of nitrogens with zero attached hydrogens (tertiary/aromatic N) is 1. The summed E-state index contributed by atoms with van der Waals surface area (Å²) in [5.41, 5.74) is 1.20. The number of carbonyl (C=O) groups excluding carboxylic acids is 1. The molecule has 2 N–H and O–H groups in total. The number of amides is 1. The Kier molecular flexibility index (Phi) is 6.64. The number of nitrogens with one attached hydrogen (secondary N) is 2. The highest BCUT2D eigenvalue weighted by Crippen LogP contribution is 2.29. The molecule has 1 aliphatic heterocycles. The first-order valence-electron chi connectivity index (χ1n) is 10.5. The van der Waals surface area contributed by atoms with E-state index in [1.165, 1.54) is 23.4 Å². The smallest absolute Gasteiger partial charge is 0.278 e. The van der Waals surface area contributed by atoms with Crippen molar-refractivity contribution in [3.05, 3.63) is 24.3 Å². The van der Waals surface area contributed by atoms with E-state index in [1.54, 1.807) is 7.11 Å². The third-order valence-corrected chi connectivity index (χ3v) is 6.86. The van der Waals surface area contributed by atoms with E-state index in [0.29, 0.717) is 17.9 Å². The van der Waals surface area contributed by atoms with Gasteiger partial charge in [0.05, 0.1) is 33.3 Å². The summed E-state index contributed by atoms with van der Waals surface area (Å²) in [5, 5.41) is 3.36. The Morgan fingerprint density at radius 3 is 2.70 bits per heavy atom. The summed E-state index contributed by atoms with van der Waals surface area (Å²) >= 11 is 0. The fourth-order valence-electron chi connectivity index (χ4n) is 4.57.